The maximum atomic E-state index is 5.00. The predicted molar refractivity (Wildman–Crippen MR) is 45.9 cm³/mol. The van der Waals surface area contributed by atoms with Crippen LogP contribution in [0.2, 0.25) is 0 Å². The Morgan fingerprint density at radius 2 is 2.00 bits per heavy atom. The molecule has 3 heteroatoms. The molecule has 1 heterocycles. The number of fused-ring (bicyclic) bond motifs is 1. The normalized spacial score (nSPS) is 9.55. The molecule has 1 aromatic carbocycles. The van der Waals surface area contributed by atoms with Crippen LogP contribution in [0.15, 0.2) is 28.8 Å². The van der Waals surface area contributed by atoms with Crippen LogP contribution in [-0.4, -0.2) is 34.7 Å². The van der Waals surface area contributed by atoms with Gasteiger partial charge in [0.2, 0.25) is 0 Å². The second-order valence-electron chi connectivity index (χ2n) is 2.26. The van der Waals surface area contributed by atoms with Gasteiger partial charge in [-0.15, -0.1) is 0 Å². The second kappa shape index (κ2) is 3.39. The van der Waals surface area contributed by atoms with Gasteiger partial charge in [0.05, 0.1) is 5.69 Å². The number of aryl methyl sites for hydroxylation is 1. The van der Waals surface area contributed by atoms with Crippen molar-refractivity contribution in [1.82, 2.24) is 5.16 Å². The molecule has 11 heavy (non-hydrogen) atoms. The Hall–Kier alpha value is -0.310. The Morgan fingerprint density at radius 3 is 2.73 bits per heavy atom. The van der Waals surface area contributed by atoms with Crippen LogP contribution in [0, 0.1) is 6.92 Å². The summed E-state index contributed by atoms with van der Waals surface area (Å²) in [5, 5.41) is 4.92. The van der Waals surface area contributed by atoms with E-state index in [4.69, 9.17) is 4.52 Å². The number of para-hydroxylation sites is 1. The summed E-state index contributed by atoms with van der Waals surface area (Å²) in [5.41, 5.74) is 1.82. The predicted octanol–water partition coefficient (Wildman–Crippen LogP) is 1.49. The average Bonchev–Trinajstić information content (AvgIpc) is 2.34. The number of hydrogen-bond donors (Lipinski definition) is 0. The molecule has 2 rings (SSSR count). The molecule has 0 bridgehead atoms. The van der Waals surface area contributed by atoms with E-state index in [9.17, 15) is 0 Å². The minimum absolute atomic E-state index is 0. The van der Waals surface area contributed by atoms with Crippen molar-refractivity contribution < 1.29 is 4.52 Å². The number of hydrogen-bond acceptors (Lipinski definition) is 2. The van der Waals surface area contributed by atoms with Crippen molar-refractivity contribution in [2.45, 2.75) is 6.92 Å². The number of rotatable bonds is 0. The summed E-state index contributed by atoms with van der Waals surface area (Å²) in [6, 6.07) is 7.83. The van der Waals surface area contributed by atoms with Crippen molar-refractivity contribution in [1.29, 1.82) is 0 Å². The molecule has 0 aliphatic heterocycles. The number of nitrogens with zero attached hydrogens (tertiary/aromatic N) is 1. The molecule has 0 N–H and O–H groups in total. The van der Waals surface area contributed by atoms with E-state index in [0.717, 1.165) is 16.7 Å². The van der Waals surface area contributed by atoms with E-state index >= 15 is 0 Å². The fraction of sp³-hybridized carbons (Fsp3) is 0.125. The molecule has 0 saturated heterocycles. The van der Waals surface area contributed by atoms with E-state index in [1.807, 2.05) is 31.2 Å². The van der Waals surface area contributed by atoms with E-state index in [2.05, 4.69) is 5.16 Å². The third-order valence-electron chi connectivity index (χ3n) is 1.56. The summed E-state index contributed by atoms with van der Waals surface area (Å²) in [6.45, 7) is 1.94. The molecule has 0 unspecified atom stereocenters. The van der Waals surface area contributed by atoms with Crippen LogP contribution in [0.25, 0.3) is 11.0 Å². The maximum absolute atomic E-state index is 5.00. The van der Waals surface area contributed by atoms with E-state index in [1.165, 1.54) is 0 Å². The first kappa shape index (κ1) is 8.78. The van der Waals surface area contributed by atoms with Gasteiger partial charge in [-0.2, -0.15) is 0 Å². The van der Waals surface area contributed by atoms with Crippen LogP contribution in [-0.2, 0) is 0 Å². The first-order chi connectivity index (χ1) is 4.88. The molecule has 0 radical (unpaired) electrons. The summed E-state index contributed by atoms with van der Waals surface area (Å²) < 4.78 is 5.00. The second-order valence-corrected chi connectivity index (χ2v) is 2.26. The van der Waals surface area contributed by atoms with Crippen LogP contribution < -0.4 is 0 Å². The van der Waals surface area contributed by atoms with Crippen molar-refractivity contribution in [3.8, 4) is 0 Å². The summed E-state index contributed by atoms with van der Waals surface area (Å²) >= 11 is 0. The Morgan fingerprint density at radius 1 is 1.27 bits per heavy atom. The van der Waals surface area contributed by atoms with Crippen LogP contribution in [0.4, 0.5) is 0 Å². The van der Waals surface area contributed by atoms with Crippen molar-refractivity contribution in [2.75, 3.05) is 0 Å². The summed E-state index contributed by atoms with van der Waals surface area (Å²) in [6.07, 6.45) is 0. The van der Waals surface area contributed by atoms with E-state index in [1.54, 1.807) is 0 Å². The van der Waals surface area contributed by atoms with Gasteiger partial charge in [0.1, 0.15) is 0 Å². The standard InChI is InChI=1S/C8H7NO.Na.H/c1-6-7-4-2-3-5-8(7)10-9-6;;/h2-5H,1H3;;. The molecule has 0 fully saturated rings. The SMILES string of the molecule is Cc1noc2ccccc12.[NaH]. The van der Waals surface area contributed by atoms with E-state index in [-0.39, 0.29) is 29.6 Å². The monoisotopic (exact) mass is 157 g/mol. The van der Waals surface area contributed by atoms with Gasteiger partial charge in [-0.1, -0.05) is 17.3 Å². The van der Waals surface area contributed by atoms with Gasteiger partial charge < -0.3 is 4.52 Å². The molecule has 0 saturated carbocycles. The molecule has 2 nitrogen and oxygen atoms in total. The Bertz CT molecular complexity index is 356. The summed E-state index contributed by atoms with van der Waals surface area (Å²) in [7, 11) is 0. The minimum atomic E-state index is 0. The third-order valence-corrected chi connectivity index (χ3v) is 1.56. The molecule has 1 aromatic heterocycles. The molecular weight excluding hydrogens is 149 g/mol. The van der Waals surface area contributed by atoms with Gasteiger partial charge in [-0.3, -0.25) is 0 Å². The molecule has 2 aromatic rings. The van der Waals surface area contributed by atoms with Crippen molar-refractivity contribution in [3.05, 3.63) is 30.0 Å². The molecule has 0 aliphatic rings. The zero-order chi connectivity index (χ0) is 6.97. The zero-order valence-corrected chi connectivity index (χ0v) is 5.66. The Labute approximate surface area is 86.9 Å². The van der Waals surface area contributed by atoms with Crippen LogP contribution in [0.1, 0.15) is 5.69 Å². The molecule has 0 aliphatic carbocycles. The van der Waals surface area contributed by atoms with Crippen LogP contribution >= 0.6 is 0 Å². The Balaban J connectivity index is 0.000000605. The molecule has 0 amide bonds. The summed E-state index contributed by atoms with van der Waals surface area (Å²) in [5.74, 6) is 0. The van der Waals surface area contributed by atoms with Gasteiger partial charge in [-0.05, 0) is 19.1 Å². The van der Waals surface area contributed by atoms with E-state index in [0.29, 0.717) is 0 Å². The molecular formula is C8H8NNaO. The topological polar surface area (TPSA) is 26.0 Å². The fourth-order valence-corrected chi connectivity index (χ4v) is 1.01. The Kier molecular flexibility index (Phi) is 2.71. The van der Waals surface area contributed by atoms with Gasteiger partial charge in [-0.25, -0.2) is 0 Å². The molecule has 52 valence electrons. The first-order valence-electron chi connectivity index (χ1n) is 3.19. The van der Waals surface area contributed by atoms with Crippen molar-refractivity contribution in [3.63, 3.8) is 0 Å². The number of benzene rings is 1. The molecule has 0 atom stereocenters. The van der Waals surface area contributed by atoms with Gasteiger partial charge in [0, 0.05) is 5.39 Å². The average molecular weight is 157 g/mol. The fourth-order valence-electron chi connectivity index (χ4n) is 1.01. The van der Waals surface area contributed by atoms with Gasteiger partial charge >= 0.3 is 29.6 Å². The van der Waals surface area contributed by atoms with Crippen molar-refractivity contribution in [2.24, 2.45) is 0 Å². The third kappa shape index (κ3) is 1.48. The van der Waals surface area contributed by atoms with Crippen LogP contribution in [0.5, 0.6) is 0 Å². The van der Waals surface area contributed by atoms with Crippen LogP contribution in [0.3, 0.4) is 0 Å². The van der Waals surface area contributed by atoms with Crippen molar-refractivity contribution >= 4 is 40.5 Å². The van der Waals surface area contributed by atoms with Gasteiger partial charge in [0.25, 0.3) is 0 Å². The quantitative estimate of drug-likeness (QED) is 0.541. The molecule has 0 spiro atoms. The van der Waals surface area contributed by atoms with Gasteiger partial charge in [0.15, 0.2) is 5.58 Å². The first-order valence-corrected chi connectivity index (χ1v) is 3.19. The number of aromatic nitrogens is 1. The zero-order valence-electron chi connectivity index (χ0n) is 5.66. The van der Waals surface area contributed by atoms with E-state index < -0.39 is 0 Å². The summed E-state index contributed by atoms with van der Waals surface area (Å²) in [4.78, 5) is 0.